The molecule has 2 aromatic carbocycles. The van der Waals surface area contributed by atoms with Crippen molar-refractivity contribution in [2.75, 3.05) is 11.1 Å². The Bertz CT molecular complexity index is 748. The monoisotopic (exact) mass is 277 g/mol. The predicted molar refractivity (Wildman–Crippen MR) is 89.3 cm³/mol. The zero-order chi connectivity index (χ0) is 14.7. The maximum Gasteiger partial charge on any atom is 0.0724 e. The third kappa shape index (κ3) is 2.82. The van der Waals surface area contributed by atoms with Crippen molar-refractivity contribution >= 4 is 22.3 Å². The zero-order valence-electron chi connectivity index (χ0n) is 12.1. The van der Waals surface area contributed by atoms with Crippen molar-refractivity contribution in [3.8, 4) is 0 Å². The quantitative estimate of drug-likeness (QED) is 0.709. The molecule has 0 aliphatic rings. The van der Waals surface area contributed by atoms with Gasteiger partial charge in [-0.1, -0.05) is 31.2 Å². The van der Waals surface area contributed by atoms with E-state index in [1.165, 1.54) is 11.1 Å². The van der Waals surface area contributed by atoms with Gasteiger partial charge in [0.2, 0.25) is 0 Å². The van der Waals surface area contributed by atoms with Crippen molar-refractivity contribution < 1.29 is 0 Å². The first-order valence-corrected chi connectivity index (χ1v) is 7.23. The van der Waals surface area contributed by atoms with Crippen molar-refractivity contribution in [3.05, 3.63) is 65.9 Å². The van der Waals surface area contributed by atoms with Crippen LogP contribution >= 0.6 is 0 Å². The maximum absolute atomic E-state index is 6.23. The number of anilines is 2. The molecule has 3 rings (SSSR count). The van der Waals surface area contributed by atoms with E-state index in [0.717, 1.165) is 35.2 Å². The molecule has 1 aromatic heterocycles. The van der Waals surface area contributed by atoms with Gasteiger partial charge in [0.05, 0.1) is 16.9 Å². The molecule has 21 heavy (non-hydrogen) atoms. The highest BCUT2D eigenvalue weighted by Gasteiger charge is 2.04. The molecule has 0 fully saturated rings. The number of pyridine rings is 1. The molecule has 3 nitrogen and oxygen atoms in total. The summed E-state index contributed by atoms with van der Waals surface area (Å²) in [5, 5.41) is 4.40. The fourth-order valence-corrected chi connectivity index (χ4v) is 2.42. The molecule has 3 aromatic rings. The van der Waals surface area contributed by atoms with E-state index in [1.54, 1.807) is 6.20 Å². The van der Waals surface area contributed by atoms with Crippen LogP contribution in [0.5, 0.6) is 0 Å². The largest absolute Gasteiger partial charge is 0.397 e. The molecule has 1 heterocycles. The minimum Gasteiger partial charge on any atom is -0.397 e. The van der Waals surface area contributed by atoms with Gasteiger partial charge >= 0.3 is 0 Å². The Labute approximate surface area is 124 Å². The van der Waals surface area contributed by atoms with Crippen LogP contribution < -0.4 is 11.1 Å². The highest BCUT2D eigenvalue weighted by atomic mass is 14.9. The minimum atomic E-state index is 0.755. The summed E-state index contributed by atoms with van der Waals surface area (Å²) in [6, 6.07) is 16.6. The van der Waals surface area contributed by atoms with Gasteiger partial charge in [0.25, 0.3) is 0 Å². The van der Waals surface area contributed by atoms with Crippen molar-refractivity contribution in [2.45, 2.75) is 19.9 Å². The highest BCUT2D eigenvalue weighted by Crippen LogP contribution is 2.27. The van der Waals surface area contributed by atoms with E-state index in [-0.39, 0.29) is 0 Å². The average Bonchev–Trinajstić information content (AvgIpc) is 2.55. The Balaban J connectivity index is 1.79. The minimum absolute atomic E-state index is 0.755. The van der Waals surface area contributed by atoms with E-state index < -0.39 is 0 Å². The number of fused-ring (bicyclic) bond motifs is 1. The first-order chi connectivity index (χ1) is 10.3. The van der Waals surface area contributed by atoms with E-state index in [1.807, 2.05) is 24.3 Å². The molecule has 0 spiro atoms. The van der Waals surface area contributed by atoms with Crippen molar-refractivity contribution in [2.24, 2.45) is 0 Å². The molecule has 0 aliphatic heterocycles. The standard InChI is InChI=1S/C18H19N3/c1-2-13-5-7-14(8-6-13)12-21-17-10-9-16-15(18(17)19)4-3-11-20-16/h3-11,21H,2,12,19H2,1H3. The number of nitrogens with one attached hydrogen (secondary N) is 1. The Morgan fingerprint density at radius 3 is 2.52 bits per heavy atom. The van der Waals surface area contributed by atoms with Gasteiger partial charge in [0, 0.05) is 18.1 Å². The lowest BCUT2D eigenvalue weighted by Gasteiger charge is -2.11. The topological polar surface area (TPSA) is 50.9 Å². The average molecular weight is 277 g/mol. The van der Waals surface area contributed by atoms with Crippen LogP contribution in [0.25, 0.3) is 10.9 Å². The normalized spacial score (nSPS) is 10.7. The number of nitrogens with two attached hydrogens (primary N) is 1. The van der Waals surface area contributed by atoms with Crippen LogP contribution in [0.2, 0.25) is 0 Å². The summed E-state index contributed by atoms with van der Waals surface area (Å²) in [4.78, 5) is 4.31. The van der Waals surface area contributed by atoms with Crippen LogP contribution in [0.4, 0.5) is 11.4 Å². The first kappa shape index (κ1) is 13.4. The Morgan fingerprint density at radius 1 is 1.00 bits per heavy atom. The Kier molecular flexibility index (Phi) is 3.73. The lowest BCUT2D eigenvalue weighted by molar-refractivity contribution is 1.11. The van der Waals surface area contributed by atoms with E-state index >= 15 is 0 Å². The van der Waals surface area contributed by atoms with Gasteiger partial charge in [-0.25, -0.2) is 0 Å². The molecule has 3 N–H and O–H groups in total. The number of hydrogen-bond donors (Lipinski definition) is 2. The number of benzene rings is 2. The number of aryl methyl sites for hydroxylation is 1. The van der Waals surface area contributed by atoms with Crippen LogP contribution in [0, 0.1) is 0 Å². The molecule has 0 saturated carbocycles. The van der Waals surface area contributed by atoms with E-state index in [9.17, 15) is 0 Å². The maximum atomic E-state index is 6.23. The third-order valence-electron chi connectivity index (χ3n) is 3.74. The van der Waals surface area contributed by atoms with Crippen LogP contribution in [-0.4, -0.2) is 4.98 Å². The van der Waals surface area contributed by atoms with E-state index in [2.05, 4.69) is 41.5 Å². The van der Waals surface area contributed by atoms with Gasteiger partial charge in [-0.3, -0.25) is 4.98 Å². The molecule has 0 amide bonds. The summed E-state index contributed by atoms with van der Waals surface area (Å²) < 4.78 is 0. The molecular formula is C18H19N3. The van der Waals surface area contributed by atoms with Crippen LogP contribution in [0.3, 0.4) is 0 Å². The van der Waals surface area contributed by atoms with Crippen molar-refractivity contribution in [1.82, 2.24) is 4.98 Å². The lowest BCUT2D eigenvalue weighted by atomic mass is 10.1. The summed E-state index contributed by atoms with van der Waals surface area (Å²) in [7, 11) is 0. The molecule has 0 saturated heterocycles. The second-order valence-electron chi connectivity index (χ2n) is 5.12. The number of aromatic nitrogens is 1. The molecule has 0 radical (unpaired) electrons. The molecule has 0 bridgehead atoms. The van der Waals surface area contributed by atoms with E-state index in [4.69, 9.17) is 5.73 Å². The molecule has 3 heteroatoms. The number of rotatable bonds is 4. The number of nitrogens with zero attached hydrogens (tertiary/aromatic N) is 1. The SMILES string of the molecule is CCc1ccc(CNc2ccc3ncccc3c2N)cc1. The smallest absolute Gasteiger partial charge is 0.0724 e. The molecule has 0 atom stereocenters. The molecule has 0 unspecified atom stereocenters. The summed E-state index contributed by atoms with van der Waals surface area (Å²) in [5.41, 5.74) is 11.5. The van der Waals surface area contributed by atoms with Gasteiger partial charge in [0.15, 0.2) is 0 Å². The third-order valence-corrected chi connectivity index (χ3v) is 3.74. The van der Waals surface area contributed by atoms with Crippen LogP contribution in [0.15, 0.2) is 54.7 Å². The second-order valence-corrected chi connectivity index (χ2v) is 5.12. The summed E-state index contributed by atoms with van der Waals surface area (Å²) in [6.07, 6.45) is 2.85. The highest BCUT2D eigenvalue weighted by molar-refractivity contribution is 5.96. The first-order valence-electron chi connectivity index (χ1n) is 7.23. The van der Waals surface area contributed by atoms with Gasteiger partial charge in [-0.15, -0.1) is 0 Å². The number of hydrogen-bond acceptors (Lipinski definition) is 3. The summed E-state index contributed by atoms with van der Waals surface area (Å²) >= 11 is 0. The summed E-state index contributed by atoms with van der Waals surface area (Å²) in [5.74, 6) is 0. The summed E-state index contributed by atoms with van der Waals surface area (Å²) in [6.45, 7) is 2.93. The van der Waals surface area contributed by atoms with Gasteiger partial charge in [-0.05, 0) is 41.8 Å². The Hall–Kier alpha value is -2.55. The van der Waals surface area contributed by atoms with Crippen LogP contribution in [-0.2, 0) is 13.0 Å². The lowest BCUT2D eigenvalue weighted by Crippen LogP contribution is -2.03. The molecule has 106 valence electrons. The molecule has 0 aliphatic carbocycles. The zero-order valence-corrected chi connectivity index (χ0v) is 12.1. The van der Waals surface area contributed by atoms with Gasteiger partial charge < -0.3 is 11.1 Å². The van der Waals surface area contributed by atoms with Gasteiger partial charge in [-0.2, -0.15) is 0 Å². The predicted octanol–water partition coefficient (Wildman–Crippen LogP) is 3.99. The number of nitrogen functional groups attached to an aromatic ring is 1. The fourth-order valence-electron chi connectivity index (χ4n) is 2.42. The van der Waals surface area contributed by atoms with Crippen molar-refractivity contribution in [3.63, 3.8) is 0 Å². The van der Waals surface area contributed by atoms with Crippen LogP contribution in [0.1, 0.15) is 18.1 Å². The Morgan fingerprint density at radius 2 is 1.76 bits per heavy atom. The fraction of sp³-hybridized carbons (Fsp3) is 0.167. The van der Waals surface area contributed by atoms with Crippen molar-refractivity contribution in [1.29, 1.82) is 0 Å². The van der Waals surface area contributed by atoms with E-state index in [0.29, 0.717) is 0 Å². The van der Waals surface area contributed by atoms with Gasteiger partial charge in [0.1, 0.15) is 0 Å². The second kappa shape index (κ2) is 5.83. The molecular weight excluding hydrogens is 258 g/mol.